The summed E-state index contributed by atoms with van der Waals surface area (Å²) in [4.78, 5) is 0. The first-order chi connectivity index (χ1) is 9.55. The Morgan fingerprint density at radius 2 is 1.85 bits per heavy atom. The highest BCUT2D eigenvalue weighted by atomic mass is 79.9. The summed E-state index contributed by atoms with van der Waals surface area (Å²) in [7, 11) is 0. The van der Waals surface area contributed by atoms with Crippen LogP contribution in [0.1, 0.15) is 44.7 Å². The number of nitrogens with one attached hydrogen (secondary N) is 1. The van der Waals surface area contributed by atoms with Crippen molar-refractivity contribution in [1.29, 1.82) is 0 Å². The summed E-state index contributed by atoms with van der Waals surface area (Å²) in [6, 6.07) is 4.62. The van der Waals surface area contributed by atoms with Crippen LogP contribution in [0.4, 0.5) is 0 Å². The lowest BCUT2D eigenvalue weighted by Crippen LogP contribution is -2.27. The second kappa shape index (κ2) is 5.57. The molecule has 4 heteroatoms. The molecular formula is C16H22BrNO2. The molecule has 20 heavy (non-hydrogen) atoms. The molecule has 2 heterocycles. The molecule has 0 aromatic heterocycles. The third kappa shape index (κ3) is 2.96. The summed E-state index contributed by atoms with van der Waals surface area (Å²) >= 11 is 3.69. The van der Waals surface area contributed by atoms with Gasteiger partial charge in [-0.15, -0.1) is 0 Å². The normalized spacial score (nSPS) is 25.1. The highest BCUT2D eigenvalue weighted by Gasteiger charge is 2.27. The molecule has 0 aliphatic carbocycles. The van der Waals surface area contributed by atoms with Gasteiger partial charge in [0, 0.05) is 15.9 Å². The Morgan fingerprint density at radius 1 is 1.15 bits per heavy atom. The van der Waals surface area contributed by atoms with Crippen molar-refractivity contribution < 1.29 is 9.47 Å². The zero-order chi connectivity index (χ0) is 14.2. The molecule has 1 aromatic carbocycles. The van der Waals surface area contributed by atoms with E-state index in [4.69, 9.17) is 9.47 Å². The summed E-state index contributed by atoms with van der Waals surface area (Å²) in [5.41, 5.74) is 1.33. The molecule has 1 saturated heterocycles. The molecule has 0 spiro atoms. The average molecular weight is 340 g/mol. The van der Waals surface area contributed by atoms with Crippen molar-refractivity contribution in [2.24, 2.45) is 5.41 Å². The van der Waals surface area contributed by atoms with Crippen LogP contribution in [0, 0.1) is 5.41 Å². The van der Waals surface area contributed by atoms with Crippen LogP contribution in [0.25, 0.3) is 0 Å². The second-order valence-electron chi connectivity index (χ2n) is 6.56. The van der Waals surface area contributed by atoms with Crippen molar-refractivity contribution in [2.75, 3.05) is 19.8 Å². The molecule has 1 unspecified atom stereocenters. The van der Waals surface area contributed by atoms with Gasteiger partial charge in [-0.2, -0.15) is 0 Å². The molecule has 1 atom stereocenters. The molecule has 3 rings (SSSR count). The average Bonchev–Trinajstić information content (AvgIpc) is 2.58. The minimum absolute atomic E-state index is 0.0503. The van der Waals surface area contributed by atoms with Crippen LogP contribution in [0.2, 0.25) is 0 Å². The molecule has 0 saturated carbocycles. The van der Waals surface area contributed by atoms with E-state index >= 15 is 0 Å². The van der Waals surface area contributed by atoms with Gasteiger partial charge in [-0.25, -0.2) is 0 Å². The third-order valence-electron chi connectivity index (χ3n) is 3.99. The van der Waals surface area contributed by atoms with E-state index < -0.39 is 0 Å². The Kier molecular flexibility index (Phi) is 3.95. The molecule has 110 valence electrons. The zero-order valence-electron chi connectivity index (χ0n) is 12.2. The van der Waals surface area contributed by atoms with Crippen LogP contribution in [-0.2, 0) is 0 Å². The Hall–Kier alpha value is -0.740. The summed E-state index contributed by atoms with van der Waals surface area (Å²) in [6.07, 6.45) is 3.74. The lowest BCUT2D eigenvalue weighted by Gasteiger charge is -2.25. The lowest BCUT2D eigenvalue weighted by molar-refractivity contribution is 0.140. The molecule has 1 fully saturated rings. The van der Waals surface area contributed by atoms with Gasteiger partial charge in [-0.05, 0) is 37.1 Å². The Bertz CT molecular complexity index is 495. The summed E-state index contributed by atoms with van der Waals surface area (Å²) < 4.78 is 13.0. The topological polar surface area (TPSA) is 30.5 Å². The lowest BCUT2D eigenvalue weighted by atomic mass is 9.97. The van der Waals surface area contributed by atoms with E-state index in [1.807, 2.05) is 0 Å². The van der Waals surface area contributed by atoms with Crippen molar-refractivity contribution in [3.05, 3.63) is 22.2 Å². The molecule has 2 aliphatic heterocycles. The van der Waals surface area contributed by atoms with Gasteiger partial charge in [0.25, 0.3) is 0 Å². The molecule has 1 aromatic rings. The van der Waals surface area contributed by atoms with E-state index in [1.165, 1.54) is 24.8 Å². The van der Waals surface area contributed by atoms with Crippen LogP contribution >= 0.6 is 15.9 Å². The van der Waals surface area contributed by atoms with Crippen LogP contribution in [-0.4, -0.2) is 19.8 Å². The predicted molar refractivity (Wildman–Crippen MR) is 83.5 cm³/mol. The number of halogens is 1. The third-order valence-corrected chi connectivity index (χ3v) is 4.67. The highest BCUT2D eigenvalue weighted by molar-refractivity contribution is 9.10. The Balaban J connectivity index is 1.89. The highest BCUT2D eigenvalue weighted by Crippen LogP contribution is 2.40. The predicted octanol–water partition coefficient (Wildman–Crippen LogP) is 4.06. The fraction of sp³-hybridized carbons (Fsp3) is 0.625. The molecule has 0 amide bonds. The van der Waals surface area contributed by atoms with Gasteiger partial charge in [0.1, 0.15) is 0 Å². The molecule has 2 aliphatic rings. The SMILES string of the molecule is CC1(C)COc2cc(Br)c(C3CCCCN3)cc2OC1. The smallest absolute Gasteiger partial charge is 0.162 e. The maximum absolute atomic E-state index is 5.98. The van der Waals surface area contributed by atoms with E-state index in [2.05, 4.69) is 47.2 Å². The van der Waals surface area contributed by atoms with Crippen molar-refractivity contribution in [3.8, 4) is 11.5 Å². The number of piperidine rings is 1. The first-order valence-electron chi connectivity index (χ1n) is 7.38. The quantitative estimate of drug-likeness (QED) is 0.836. The maximum atomic E-state index is 5.98. The number of ether oxygens (including phenoxy) is 2. The van der Waals surface area contributed by atoms with Crippen LogP contribution in [0.5, 0.6) is 11.5 Å². The van der Waals surface area contributed by atoms with Gasteiger partial charge < -0.3 is 14.8 Å². The number of hydrogen-bond acceptors (Lipinski definition) is 3. The number of rotatable bonds is 1. The molecule has 3 nitrogen and oxygen atoms in total. The maximum Gasteiger partial charge on any atom is 0.162 e. The van der Waals surface area contributed by atoms with E-state index in [-0.39, 0.29) is 5.41 Å². The standard InChI is InChI=1S/C16H22BrNO2/c1-16(2)9-19-14-7-11(13-5-3-4-6-18-13)12(17)8-15(14)20-10-16/h7-8,13,18H,3-6,9-10H2,1-2H3. The van der Waals surface area contributed by atoms with E-state index in [0.29, 0.717) is 19.3 Å². The fourth-order valence-corrected chi connectivity index (χ4v) is 3.35. The first kappa shape index (κ1) is 14.2. The molecule has 1 N–H and O–H groups in total. The molecular weight excluding hydrogens is 318 g/mol. The molecule has 0 radical (unpaired) electrons. The van der Waals surface area contributed by atoms with Crippen LogP contribution < -0.4 is 14.8 Å². The minimum atomic E-state index is 0.0503. The van der Waals surface area contributed by atoms with Gasteiger partial charge in [0.05, 0.1) is 13.2 Å². The fourth-order valence-electron chi connectivity index (χ4n) is 2.75. The van der Waals surface area contributed by atoms with Gasteiger partial charge in [-0.1, -0.05) is 36.2 Å². The zero-order valence-corrected chi connectivity index (χ0v) is 13.8. The van der Waals surface area contributed by atoms with Crippen molar-refractivity contribution >= 4 is 15.9 Å². The van der Waals surface area contributed by atoms with Gasteiger partial charge >= 0.3 is 0 Å². The van der Waals surface area contributed by atoms with Crippen molar-refractivity contribution in [3.63, 3.8) is 0 Å². The van der Waals surface area contributed by atoms with E-state index in [9.17, 15) is 0 Å². The van der Waals surface area contributed by atoms with Crippen LogP contribution in [0.15, 0.2) is 16.6 Å². The van der Waals surface area contributed by atoms with Crippen LogP contribution in [0.3, 0.4) is 0 Å². The number of hydrogen-bond donors (Lipinski definition) is 1. The Labute approximate surface area is 129 Å². The monoisotopic (exact) mass is 339 g/mol. The van der Waals surface area contributed by atoms with Gasteiger partial charge in [0.2, 0.25) is 0 Å². The summed E-state index contributed by atoms with van der Waals surface area (Å²) in [5.74, 6) is 1.73. The largest absolute Gasteiger partial charge is 0.489 e. The van der Waals surface area contributed by atoms with Gasteiger partial charge in [-0.3, -0.25) is 0 Å². The Morgan fingerprint density at radius 3 is 2.50 bits per heavy atom. The minimum Gasteiger partial charge on any atom is -0.489 e. The van der Waals surface area contributed by atoms with Gasteiger partial charge in [0.15, 0.2) is 11.5 Å². The molecule has 0 bridgehead atoms. The van der Waals surface area contributed by atoms with E-state index in [0.717, 1.165) is 22.5 Å². The summed E-state index contributed by atoms with van der Waals surface area (Å²) in [6.45, 7) is 6.81. The van der Waals surface area contributed by atoms with Crippen molar-refractivity contribution in [1.82, 2.24) is 5.32 Å². The van der Waals surface area contributed by atoms with E-state index in [1.54, 1.807) is 0 Å². The van der Waals surface area contributed by atoms with Crippen molar-refractivity contribution in [2.45, 2.75) is 39.2 Å². The number of fused-ring (bicyclic) bond motifs is 1. The first-order valence-corrected chi connectivity index (χ1v) is 8.17. The number of benzene rings is 1. The summed E-state index contributed by atoms with van der Waals surface area (Å²) in [5, 5.41) is 3.59. The second-order valence-corrected chi connectivity index (χ2v) is 7.42.